The molecule has 128 valence electrons. The molecule has 0 saturated carbocycles. The first-order valence-corrected chi connectivity index (χ1v) is 7.87. The quantitative estimate of drug-likeness (QED) is 0.612. The van der Waals surface area contributed by atoms with Crippen molar-refractivity contribution in [3.05, 3.63) is 59.7 Å². The summed E-state index contributed by atoms with van der Waals surface area (Å²) in [6.07, 6.45) is 0. The Morgan fingerprint density at radius 2 is 1.96 bits per heavy atom. The molecule has 0 aromatic heterocycles. The Morgan fingerprint density at radius 3 is 2.64 bits per heavy atom. The van der Waals surface area contributed by atoms with Gasteiger partial charge < -0.3 is 14.8 Å². The number of ether oxygens (including phenoxy) is 2. The highest BCUT2D eigenvalue weighted by molar-refractivity contribution is 7.80. The average molecular weight is 355 g/mol. The third-order valence-corrected chi connectivity index (χ3v) is 3.35. The minimum atomic E-state index is -0.336. The maximum Gasteiger partial charge on any atom is 0.257 e. The number of hydrogen-bond acceptors (Lipinski definition) is 5. The molecule has 0 bridgehead atoms. The molecule has 25 heavy (non-hydrogen) atoms. The van der Waals surface area contributed by atoms with Crippen molar-refractivity contribution >= 4 is 28.9 Å². The van der Waals surface area contributed by atoms with Gasteiger partial charge in [-0.1, -0.05) is 6.07 Å². The fraction of sp³-hybridized carbons (Fsp3) is 0.167. The van der Waals surface area contributed by atoms with Gasteiger partial charge in [0.25, 0.3) is 5.91 Å². The van der Waals surface area contributed by atoms with Crippen LogP contribution in [0.4, 0.5) is 5.69 Å². The molecule has 0 aliphatic rings. The highest BCUT2D eigenvalue weighted by atomic mass is 32.1. The molecule has 2 aromatic rings. The van der Waals surface area contributed by atoms with Crippen LogP contribution in [-0.4, -0.2) is 31.3 Å². The first kappa shape index (κ1) is 18.4. The molecule has 1 amide bonds. The van der Waals surface area contributed by atoms with E-state index in [0.29, 0.717) is 35.8 Å². The number of hydrogen-bond donors (Lipinski definition) is 2. The minimum Gasteiger partial charge on any atom is -0.491 e. The molecule has 2 aromatic carbocycles. The Balaban J connectivity index is 1.90. The lowest BCUT2D eigenvalue weighted by Crippen LogP contribution is -2.34. The van der Waals surface area contributed by atoms with E-state index in [9.17, 15) is 4.79 Å². The fourth-order valence-corrected chi connectivity index (χ4v) is 2.16. The smallest absolute Gasteiger partial charge is 0.257 e. The Bertz CT molecular complexity index is 785. The van der Waals surface area contributed by atoms with Crippen LogP contribution in [0.5, 0.6) is 5.75 Å². The number of anilines is 1. The van der Waals surface area contributed by atoms with Crippen molar-refractivity contribution in [2.75, 3.05) is 25.6 Å². The summed E-state index contributed by atoms with van der Waals surface area (Å²) in [5.74, 6) is 0.319. The van der Waals surface area contributed by atoms with Gasteiger partial charge in [0.05, 0.1) is 18.2 Å². The van der Waals surface area contributed by atoms with Crippen LogP contribution in [0.1, 0.15) is 15.9 Å². The molecular formula is C18H17N3O3S. The molecule has 0 saturated heterocycles. The third-order valence-electron chi connectivity index (χ3n) is 3.15. The first-order valence-electron chi connectivity index (χ1n) is 7.46. The second kappa shape index (κ2) is 9.37. The molecule has 0 aliphatic carbocycles. The van der Waals surface area contributed by atoms with Crippen LogP contribution in [0.15, 0.2) is 48.5 Å². The standard InChI is InChI=1S/C18H17N3O3S/c1-23-9-10-24-16-7-5-14(6-8-16)17(22)21-18(25)20-15-4-2-3-13(11-15)12-19/h2-8,11H,9-10H2,1H3,(H2,20,21,22,25). The highest BCUT2D eigenvalue weighted by Crippen LogP contribution is 2.13. The summed E-state index contributed by atoms with van der Waals surface area (Å²) in [6.45, 7) is 0.937. The normalized spacial score (nSPS) is 9.76. The Morgan fingerprint density at radius 1 is 1.20 bits per heavy atom. The number of carbonyl (C=O) groups is 1. The van der Waals surface area contributed by atoms with Crippen molar-refractivity contribution in [2.45, 2.75) is 0 Å². The molecule has 0 unspecified atom stereocenters. The predicted octanol–water partition coefficient (Wildman–Crippen LogP) is 2.71. The number of nitrogens with zero attached hydrogens (tertiary/aromatic N) is 1. The Kier molecular flexibility index (Phi) is 6.89. The molecule has 0 aliphatic heterocycles. The zero-order chi connectivity index (χ0) is 18.1. The van der Waals surface area contributed by atoms with Crippen LogP contribution in [0.3, 0.4) is 0 Å². The fourth-order valence-electron chi connectivity index (χ4n) is 1.95. The Hall–Kier alpha value is -2.95. The molecule has 2 rings (SSSR count). The maximum atomic E-state index is 12.2. The summed E-state index contributed by atoms with van der Waals surface area (Å²) in [6, 6.07) is 15.6. The van der Waals surface area contributed by atoms with E-state index < -0.39 is 0 Å². The Labute approximate surface area is 151 Å². The van der Waals surface area contributed by atoms with Crippen LogP contribution in [0.25, 0.3) is 0 Å². The molecular weight excluding hydrogens is 338 g/mol. The van der Waals surface area contributed by atoms with E-state index in [1.54, 1.807) is 55.6 Å². The van der Waals surface area contributed by atoms with E-state index >= 15 is 0 Å². The lowest BCUT2D eigenvalue weighted by molar-refractivity contribution is 0.0977. The third kappa shape index (κ3) is 5.88. The van der Waals surface area contributed by atoms with E-state index in [-0.39, 0.29) is 11.0 Å². The summed E-state index contributed by atoms with van der Waals surface area (Å²) in [5.41, 5.74) is 1.59. The van der Waals surface area contributed by atoms with Crippen molar-refractivity contribution in [3.63, 3.8) is 0 Å². The second-order valence-corrected chi connectivity index (χ2v) is 5.37. The lowest BCUT2D eigenvalue weighted by Gasteiger charge is -2.10. The molecule has 0 fully saturated rings. The van der Waals surface area contributed by atoms with Gasteiger partial charge in [-0.25, -0.2) is 0 Å². The van der Waals surface area contributed by atoms with Gasteiger partial charge in [-0.15, -0.1) is 0 Å². The van der Waals surface area contributed by atoms with E-state index in [1.807, 2.05) is 6.07 Å². The number of thiocarbonyl (C=S) groups is 1. The lowest BCUT2D eigenvalue weighted by atomic mass is 10.2. The van der Waals surface area contributed by atoms with E-state index in [2.05, 4.69) is 10.6 Å². The van der Waals surface area contributed by atoms with Crippen LogP contribution >= 0.6 is 12.2 Å². The highest BCUT2D eigenvalue weighted by Gasteiger charge is 2.08. The molecule has 0 spiro atoms. The molecule has 7 heteroatoms. The van der Waals surface area contributed by atoms with Gasteiger partial charge in [0.1, 0.15) is 12.4 Å². The maximum absolute atomic E-state index is 12.2. The van der Waals surface area contributed by atoms with Gasteiger partial charge in [-0.05, 0) is 54.7 Å². The number of carbonyl (C=O) groups excluding carboxylic acids is 1. The summed E-state index contributed by atoms with van der Waals surface area (Å²) >= 11 is 5.12. The number of rotatable bonds is 6. The van der Waals surface area contributed by atoms with Gasteiger partial charge in [0, 0.05) is 18.4 Å². The van der Waals surface area contributed by atoms with Crippen molar-refractivity contribution in [3.8, 4) is 11.8 Å². The summed E-state index contributed by atoms with van der Waals surface area (Å²) in [5, 5.41) is 14.5. The molecule has 6 nitrogen and oxygen atoms in total. The zero-order valence-corrected chi connectivity index (χ0v) is 14.4. The molecule has 0 heterocycles. The minimum absolute atomic E-state index is 0.153. The van der Waals surface area contributed by atoms with Gasteiger partial charge in [0.15, 0.2) is 5.11 Å². The number of benzene rings is 2. The van der Waals surface area contributed by atoms with Crippen molar-refractivity contribution in [1.82, 2.24) is 5.32 Å². The molecule has 0 atom stereocenters. The summed E-state index contributed by atoms with van der Waals surface area (Å²) in [4.78, 5) is 12.2. The van der Waals surface area contributed by atoms with Crippen LogP contribution in [0, 0.1) is 11.3 Å². The average Bonchev–Trinajstić information content (AvgIpc) is 2.62. The van der Waals surface area contributed by atoms with Gasteiger partial charge in [0.2, 0.25) is 0 Å². The van der Waals surface area contributed by atoms with Gasteiger partial charge in [-0.2, -0.15) is 5.26 Å². The van der Waals surface area contributed by atoms with Crippen LogP contribution < -0.4 is 15.4 Å². The van der Waals surface area contributed by atoms with Gasteiger partial charge >= 0.3 is 0 Å². The van der Waals surface area contributed by atoms with Crippen LogP contribution in [-0.2, 0) is 4.74 Å². The van der Waals surface area contributed by atoms with E-state index in [4.69, 9.17) is 27.0 Å². The summed E-state index contributed by atoms with van der Waals surface area (Å²) in [7, 11) is 1.60. The summed E-state index contributed by atoms with van der Waals surface area (Å²) < 4.78 is 10.3. The second-order valence-electron chi connectivity index (χ2n) is 4.97. The van der Waals surface area contributed by atoms with E-state index in [1.165, 1.54) is 0 Å². The monoisotopic (exact) mass is 355 g/mol. The first-order chi connectivity index (χ1) is 12.1. The SMILES string of the molecule is COCCOc1ccc(C(=O)NC(=S)Nc2cccc(C#N)c2)cc1. The number of amides is 1. The topological polar surface area (TPSA) is 83.4 Å². The number of methoxy groups -OCH3 is 1. The number of nitrogens with one attached hydrogen (secondary N) is 2. The molecule has 2 N–H and O–H groups in total. The predicted molar refractivity (Wildman–Crippen MR) is 98.7 cm³/mol. The molecule has 0 radical (unpaired) electrons. The van der Waals surface area contributed by atoms with Crippen molar-refractivity contribution in [2.24, 2.45) is 0 Å². The largest absolute Gasteiger partial charge is 0.491 e. The zero-order valence-electron chi connectivity index (χ0n) is 13.6. The van der Waals surface area contributed by atoms with Crippen LogP contribution in [0.2, 0.25) is 0 Å². The van der Waals surface area contributed by atoms with Gasteiger partial charge in [-0.3, -0.25) is 10.1 Å². The van der Waals surface area contributed by atoms with Crippen molar-refractivity contribution < 1.29 is 14.3 Å². The van der Waals surface area contributed by atoms with E-state index in [0.717, 1.165) is 0 Å². The van der Waals surface area contributed by atoms with Crippen molar-refractivity contribution in [1.29, 1.82) is 5.26 Å². The number of nitriles is 1.